The Balaban J connectivity index is 1.48. The zero-order chi connectivity index (χ0) is 20.1. The molecule has 2 aromatic heterocycles. The van der Waals surface area contributed by atoms with Crippen LogP contribution in [0.5, 0.6) is 0 Å². The Morgan fingerprint density at radius 3 is 2.82 bits per heavy atom. The van der Waals surface area contributed by atoms with Crippen LogP contribution in [0, 0.1) is 19.8 Å². The van der Waals surface area contributed by atoms with E-state index < -0.39 is 12.7 Å². The predicted octanol–water partition coefficient (Wildman–Crippen LogP) is 3.49. The predicted molar refractivity (Wildman–Crippen MR) is 99.3 cm³/mol. The topological polar surface area (TPSA) is 49.6 Å². The maximum Gasteiger partial charge on any atom is 0.401 e. The molecule has 4 rings (SSSR count). The highest BCUT2D eigenvalue weighted by Gasteiger charge is 2.42. The number of halogens is 3. The lowest BCUT2D eigenvalue weighted by Crippen LogP contribution is -2.44. The lowest BCUT2D eigenvalue weighted by Gasteiger charge is -2.30. The van der Waals surface area contributed by atoms with Gasteiger partial charge in [-0.3, -0.25) is 9.69 Å². The number of likely N-dealkylation sites (tertiary alicyclic amines) is 1. The third kappa shape index (κ3) is 3.87. The van der Waals surface area contributed by atoms with Crippen LogP contribution < -0.4 is 5.32 Å². The van der Waals surface area contributed by atoms with Crippen molar-refractivity contribution < 1.29 is 18.0 Å². The van der Waals surface area contributed by atoms with E-state index in [0.717, 1.165) is 30.7 Å². The average molecular weight is 394 g/mol. The standard InChI is InChI=1S/C20H25F3N4O/c1-12-7-13(2)27-6-5-17(18(27)24-12)19(28)25-15-4-3-14-8-16(9-15)26(10-14)11-20(21,22)23/h5-7,14-16H,3-4,8-11H2,1-2H3,(H,25,28). The fourth-order valence-electron chi connectivity index (χ4n) is 4.82. The van der Waals surface area contributed by atoms with Crippen LogP contribution in [-0.2, 0) is 0 Å². The monoisotopic (exact) mass is 394 g/mol. The zero-order valence-corrected chi connectivity index (χ0v) is 16.1. The fraction of sp³-hybridized carbons (Fsp3) is 0.600. The van der Waals surface area contributed by atoms with E-state index in [1.807, 2.05) is 30.5 Å². The third-order valence-electron chi connectivity index (χ3n) is 6.00. The molecule has 1 N–H and O–H groups in total. The van der Waals surface area contributed by atoms with Crippen LogP contribution in [0.25, 0.3) is 5.65 Å². The molecule has 1 amide bonds. The number of nitrogens with zero attached hydrogens (tertiary/aromatic N) is 3. The molecule has 1 saturated carbocycles. The van der Waals surface area contributed by atoms with Crippen molar-refractivity contribution in [2.45, 2.75) is 57.8 Å². The molecule has 8 heteroatoms. The van der Waals surface area contributed by atoms with Crippen molar-refractivity contribution in [3.05, 3.63) is 35.3 Å². The second-order valence-electron chi connectivity index (χ2n) is 8.25. The van der Waals surface area contributed by atoms with E-state index in [2.05, 4.69) is 10.3 Å². The van der Waals surface area contributed by atoms with Gasteiger partial charge >= 0.3 is 6.18 Å². The highest BCUT2D eigenvalue weighted by molar-refractivity contribution is 6.00. The molecular formula is C20H25F3N4O. The first kappa shape index (κ1) is 19.2. The summed E-state index contributed by atoms with van der Waals surface area (Å²) < 4.78 is 40.4. The highest BCUT2D eigenvalue weighted by Crippen LogP contribution is 2.36. The number of aromatic nitrogens is 2. The van der Waals surface area contributed by atoms with E-state index in [1.165, 1.54) is 0 Å². The number of carbonyl (C=O) groups excluding carboxylic acids is 1. The maximum atomic E-state index is 12.9. The van der Waals surface area contributed by atoms with E-state index >= 15 is 0 Å². The lowest BCUT2D eigenvalue weighted by atomic mass is 10.0. The summed E-state index contributed by atoms with van der Waals surface area (Å²) in [5.41, 5.74) is 2.96. The number of amides is 1. The van der Waals surface area contributed by atoms with Gasteiger partial charge in [0.05, 0.1) is 12.1 Å². The number of alkyl halides is 3. The lowest BCUT2D eigenvalue weighted by molar-refractivity contribution is -0.148. The summed E-state index contributed by atoms with van der Waals surface area (Å²) >= 11 is 0. The molecule has 0 radical (unpaired) electrons. The summed E-state index contributed by atoms with van der Waals surface area (Å²) in [6.07, 6.45) is 0.657. The quantitative estimate of drug-likeness (QED) is 0.867. The minimum absolute atomic E-state index is 0.112. The average Bonchev–Trinajstić information content (AvgIpc) is 3.09. The summed E-state index contributed by atoms with van der Waals surface area (Å²) in [7, 11) is 0. The molecule has 3 heterocycles. The van der Waals surface area contributed by atoms with Gasteiger partial charge < -0.3 is 9.72 Å². The first-order valence-electron chi connectivity index (χ1n) is 9.76. The molecule has 28 heavy (non-hydrogen) atoms. The van der Waals surface area contributed by atoms with E-state index in [1.54, 1.807) is 11.0 Å². The number of rotatable bonds is 3. The minimum Gasteiger partial charge on any atom is -0.349 e. The summed E-state index contributed by atoms with van der Waals surface area (Å²) in [4.78, 5) is 18.9. The van der Waals surface area contributed by atoms with Crippen LogP contribution in [0.15, 0.2) is 18.3 Å². The van der Waals surface area contributed by atoms with Gasteiger partial charge in [0.2, 0.25) is 0 Å². The minimum atomic E-state index is -4.18. The Kier molecular flexibility index (Phi) is 4.85. The molecule has 1 aliphatic heterocycles. The maximum absolute atomic E-state index is 12.9. The molecule has 1 aliphatic carbocycles. The second-order valence-corrected chi connectivity index (χ2v) is 8.25. The van der Waals surface area contributed by atoms with Crippen molar-refractivity contribution in [2.24, 2.45) is 5.92 Å². The molecule has 1 saturated heterocycles. The molecule has 2 aliphatic rings. The second kappa shape index (κ2) is 7.06. The van der Waals surface area contributed by atoms with Gasteiger partial charge in [-0.15, -0.1) is 0 Å². The molecule has 2 fully saturated rings. The van der Waals surface area contributed by atoms with Gasteiger partial charge in [-0.2, -0.15) is 13.2 Å². The SMILES string of the molecule is Cc1cc(C)n2ccc(C(=O)NC3CCC4CC(C3)N(CC(F)(F)F)C4)c2n1. The summed E-state index contributed by atoms with van der Waals surface area (Å²) in [5.74, 6) is 0.0849. The van der Waals surface area contributed by atoms with Crippen LogP contribution in [0.1, 0.15) is 47.4 Å². The van der Waals surface area contributed by atoms with Crippen LogP contribution >= 0.6 is 0 Å². The van der Waals surface area contributed by atoms with E-state index in [9.17, 15) is 18.0 Å². The third-order valence-corrected chi connectivity index (χ3v) is 6.00. The Morgan fingerprint density at radius 1 is 1.29 bits per heavy atom. The summed E-state index contributed by atoms with van der Waals surface area (Å²) in [5, 5.41) is 3.06. The van der Waals surface area contributed by atoms with E-state index in [0.29, 0.717) is 24.2 Å². The van der Waals surface area contributed by atoms with Crippen molar-refractivity contribution in [3.8, 4) is 0 Å². The van der Waals surface area contributed by atoms with Crippen LogP contribution in [0.2, 0.25) is 0 Å². The van der Waals surface area contributed by atoms with Gasteiger partial charge in [-0.05, 0) is 57.6 Å². The number of carbonyl (C=O) groups is 1. The van der Waals surface area contributed by atoms with Gasteiger partial charge in [-0.1, -0.05) is 0 Å². The van der Waals surface area contributed by atoms with Gasteiger partial charge in [0, 0.05) is 36.2 Å². The molecule has 5 nitrogen and oxygen atoms in total. The highest BCUT2D eigenvalue weighted by atomic mass is 19.4. The largest absolute Gasteiger partial charge is 0.401 e. The smallest absolute Gasteiger partial charge is 0.349 e. The van der Waals surface area contributed by atoms with Gasteiger partial charge in [0.1, 0.15) is 5.65 Å². The number of hydrogen-bond donors (Lipinski definition) is 1. The molecule has 0 spiro atoms. The number of nitrogens with one attached hydrogen (secondary N) is 1. The Bertz CT molecular complexity index is 891. The first-order valence-corrected chi connectivity index (χ1v) is 9.76. The fourth-order valence-corrected chi connectivity index (χ4v) is 4.82. The molecular weight excluding hydrogens is 369 g/mol. The van der Waals surface area contributed by atoms with Gasteiger partial charge in [0.25, 0.3) is 5.91 Å². The normalized spacial score (nSPS) is 25.8. The molecule has 152 valence electrons. The van der Waals surface area contributed by atoms with Crippen molar-refractivity contribution in [1.29, 1.82) is 0 Å². The van der Waals surface area contributed by atoms with Crippen molar-refractivity contribution in [1.82, 2.24) is 19.6 Å². The molecule has 3 unspecified atom stereocenters. The number of aryl methyl sites for hydroxylation is 2. The van der Waals surface area contributed by atoms with Crippen LogP contribution in [-0.4, -0.2) is 51.5 Å². The Morgan fingerprint density at radius 2 is 2.07 bits per heavy atom. The van der Waals surface area contributed by atoms with Crippen LogP contribution in [0.4, 0.5) is 13.2 Å². The summed E-state index contributed by atoms with van der Waals surface area (Å²) in [6, 6.07) is 3.47. The molecule has 3 atom stereocenters. The van der Waals surface area contributed by atoms with Gasteiger partial charge in [-0.25, -0.2) is 4.98 Å². The number of hydrogen-bond acceptors (Lipinski definition) is 3. The Hall–Kier alpha value is -2.09. The van der Waals surface area contributed by atoms with Crippen LogP contribution in [0.3, 0.4) is 0 Å². The van der Waals surface area contributed by atoms with Gasteiger partial charge in [0.15, 0.2) is 0 Å². The van der Waals surface area contributed by atoms with Crippen molar-refractivity contribution in [3.63, 3.8) is 0 Å². The molecule has 2 aromatic rings. The van der Waals surface area contributed by atoms with Crippen molar-refractivity contribution >= 4 is 11.6 Å². The first-order chi connectivity index (χ1) is 13.2. The zero-order valence-electron chi connectivity index (χ0n) is 16.1. The summed E-state index contributed by atoms with van der Waals surface area (Å²) in [6.45, 7) is 3.50. The molecule has 2 bridgehead atoms. The van der Waals surface area contributed by atoms with E-state index in [4.69, 9.17) is 0 Å². The molecule has 0 aromatic carbocycles. The Labute approximate surface area is 161 Å². The van der Waals surface area contributed by atoms with E-state index in [-0.39, 0.29) is 23.9 Å². The van der Waals surface area contributed by atoms with Crippen molar-refractivity contribution in [2.75, 3.05) is 13.1 Å². The number of fused-ring (bicyclic) bond motifs is 3.